The van der Waals surface area contributed by atoms with E-state index in [0.717, 1.165) is 33.1 Å². The normalized spacial score (nSPS) is 11.1. The minimum Gasteiger partial charge on any atom is -0.333 e. The van der Waals surface area contributed by atoms with E-state index >= 15 is 0 Å². The first kappa shape index (κ1) is 19.1. The summed E-state index contributed by atoms with van der Waals surface area (Å²) in [7, 11) is 0. The van der Waals surface area contributed by atoms with Gasteiger partial charge in [-0.2, -0.15) is 0 Å². The van der Waals surface area contributed by atoms with Crippen molar-refractivity contribution in [1.29, 1.82) is 0 Å². The molecule has 3 aromatic heterocycles. The number of anilines is 1. The zero-order chi connectivity index (χ0) is 20.4. The van der Waals surface area contributed by atoms with Crippen LogP contribution in [0, 0.1) is 13.8 Å². The molecule has 4 aromatic rings. The number of hydrogen-bond donors (Lipinski definition) is 1. The largest absolute Gasteiger partial charge is 0.333 e. The van der Waals surface area contributed by atoms with Crippen molar-refractivity contribution in [3.63, 3.8) is 0 Å². The van der Waals surface area contributed by atoms with Gasteiger partial charge in [-0.25, -0.2) is 9.97 Å². The molecule has 1 N–H and O–H groups in total. The molecule has 4 rings (SSSR count). The maximum absolute atomic E-state index is 12.7. The third-order valence-electron chi connectivity index (χ3n) is 4.90. The Morgan fingerprint density at radius 2 is 1.97 bits per heavy atom. The third-order valence-corrected chi connectivity index (χ3v) is 6.01. The second kappa shape index (κ2) is 8.00. The van der Waals surface area contributed by atoms with E-state index < -0.39 is 0 Å². The molecule has 148 valence electrons. The maximum atomic E-state index is 12.7. The van der Waals surface area contributed by atoms with Crippen molar-refractivity contribution in [1.82, 2.24) is 19.1 Å². The molecule has 1 amide bonds. The van der Waals surface area contributed by atoms with Crippen LogP contribution in [0.4, 0.5) is 5.69 Å². The lowest BCUT2D eigenvalue weighted by atomic mass is 10.2. The van der Waals surface area contributed by atoms with E-state index in [1.54, 1.807) is 12.5 Å². The van der Waals surface area contributed by atoms with Crippen LogP contribution in [-0.4, -0.2) is 25.0 Å². The van der Waals surface area contributed by atoms with E-state index in [0.29, 0.717) is 11.9 Å². The SMILES string of the molecule is Cc1sc2ncn(CCC(=O)Nc3ccc(Cn4ccnc4)cc3)c(=O)c2c1C. The highest BCUT2D eigenvalue weighted by Gasteiger charge is 2.12. The highest BCUT2D eigenvalue weighted by molar-refractivity contribution is 7.18. The van der Waals surface area contributed by atoms with Crippen molar-refractivity contribution in [3.05, 3.63) is 75.7 Å². The lowest BCUT2D eigenvalue weighted by Crippen LogP contribution is -2.23. The number of nitrogens with one attached hydrogen (secondary N) is 1. The topological polar surface area (TPSA) is 81.8 Å². The molecule has 0 saturated carbocycles. The van der Waals surface area contributed by atoms with Gasteiger partial charge in [0.05, 0.1) is 18.0 Å². The van der Waals surface area contributed by atoms with Crippen LogP contribution in [-0.2, 0) is 17.9 Å². The number of rotatable bonds is 6. The number of carbonyl (C=O) groups excluding carboxylic acids is 1. The van der Waals surface area contributed by atoms with Gasteiger partial charge in [0.15, 0.2) is 0 Å². The molecular formula is C21H21N5O2S. The van der Waals surface area contributed by atoms with Gasteiger partial charge in [0.25, 0.3) is 5.56 Å². The number of amides is 1. The van der Waals surface area contributed by atoms with Crippen LogP contribution in [0.25, 0.3) is 10.2 Å². The van der Waals surface area contributed by atoms with Gasteiger partial charge in [-0.15, -0.1) is 11.3 Å². The molecular weight excluding hydrogens is 386 g/mol. The number of aryl methyl sites for hydroxylation is 3. The number of benzene rings is 1. The number of fused-ring (bicyclic) bond motifs is 1. The number of imidazole rings is 1. The van der Waals surface area contributed by atoms with E-state index in [9.17, 15) is 9.59 Å². The minimum atomic E-state index is -0.141. The summed E-state index contributed by atoms with van der Waals surface area (Å²) in [4.78, 5) is 35.3. The van der Waals surface area contributed by atoms with Crippen molar-refractivity contribution in [2.75, 3.05) is 5.32 Å². The quantitative estimate of drug-likeness (QED) is 0.531. The van der Waals surface area contributed by atoms with E-state index in [2.05, 4.69) is 15.3 Å². The van der Waals surface area contributed by atoms with Crippen molar-refractivity contribution >= 4 is 33.1 Å². The van der Waals surface area contributed by atoms with Crippen LogP contribution in [0.2, 0.25) is 0 Å². The maximum Gasteiger partial charge on any atom is 0.262 e. The van der Waals surface area contributed by atoms with Crippen molar-refractivity contribution in [2.45, 2.75) is 33.4 Å². The van der Waals surface area contributed by atoms with Gasteiger partial charge in [0.2, 0.25) is 5.91 Å². The van der Waals surface area contributed by atoms with Crippen molar-refractivity contribution < 1.29 is 4.79 Å². The lowest BCUT2D eigenvalue weighted by Gasteiger charge is -2.08. The molecule has 0 saturated heterocycles. The Bertz CT molecular complexity index is 1210. The van der Waals surface area contributed by atoms with Gasteiger partial charge in [-0.1, -0.05) is 12.1 Å². The summed E-state index contributed by atoms with van der Waals surface area (Å²) >= 11 is 1.52. The van der Waals surface area contributed by atoms with Crippen molar-refractivity contribution in [3.8, 4) is 0 Å². The average Bonchev–Trinajstić information content (AvgIpc) is 3.31. The van der Waals surface area contributed by atoms with E-state index in [4.69, 9.17) is 0 Å². The van der Waals surface area contributed by atoms with Gasteiger partial charge in [0, 0.05) is 42.5 Å². The second-order valence-electron chi connectivity index (χ2n) is 6.94. The molecule has 7 nitrogen and oxygen atoms in total. The molecule has 0 aliphatic rings. The van der Waals surface area contributed by atoms with Crippen LogP contribution in [0.5, 0.6) is 0 Å². The number of carbonyl (C=O) groups is 1. The van der Waals surface area contributed by atoms with Crippen LogP contribution in [0.1, 0.15) is 22.4 Å². The first-order chi connectivity index (χ1) is 14.0. The van der Waals surface area contributed by atoms with Crippen LogP contribution < -0.4 is 10.9 Å². The van der Waals surface area contributed by atoms with Gasteiger partial charge in [-0.05, 0) is 37.1 Å². The van der Waals surface area contributed by atoms with Gasteiger partial charge >= 0.3 is 0 Å². The highest BCUT2D eigenvalue weighted by atomic mass is 32.1. The van der Waals surface area contributed by atoms with E-state index in [-0.39, 0.29) is 17.9 Å². The van der Waals surface area contributed by atoms with Crippen LogP contribution in [0.3, 0.4) is 0 Å². The summed E-state index contributed by atoms with van der Waals surface area (Å²) < 4.78 is 3.49. The molecule has 0 unspecified atom stereocenters. The Hall–Kier alpha value is -3.26. The molecule has 1 aromatic carbocycles. The van der Waals surface area contributed by atoms with Gasteiger partial charge in [-0.3, -0.25) is 14.2 Å². The number of hydrogen-bond acceptors (Lipinski definition) is 5. The fraction of sp³-hybridized carbons (Fsp3) is 0.238. The second-order valence-corrected chi connectivity index (χ2v) is 8.14. The standard InChI is InChI=1S/C21H21N5O2S/c1-14-15(2)29-20-19(14)21(28)26(13-23-20)9-7-18(27)24-17-5-3-16(4-6-17)11-25-10-8-22-12-25/h3-6,8,10,12-13H,7,9,11H2,1-2H3,(H,24,27). The molecule has 0 aliphatic carbocycles. The Morgan fingerprint density at radius 1 is 1.17 bits per heavy atom. The molecule has 0 fully saturated rings. The molecule has 29 heavy (non-hydrogen) atoms. The fourth-order valence-corrected chi connectivity index (χ4v) is 4.15. The van der Waals surface area contributed by atoms with Crippen LogP contribution in [0.15, 0.2) is 54.1 Å². The first-order valence-electron chi connectivity index (χ1n) is 9.31. The van der Waals surface area contributed by atoms with E-state index in [1.807, 2.05) is 48.9 Å². The zero-order valence-corrected chi connectivity index (χ0v) is 17.1. The number of nitrogens with zero attached hydrogens (tertiary/aromatic N) is 4. The molecule has 0 atom stereocenters. The summed E-state index contributed by atoms with van der Waals surface area (Å²) in [6.07, 6.45) is 7.14. The number of thiophene rings is 1. The molecule has 3 heterocycles. The molecule has 0 aliphatic heterocycles. The minimum absolute atomic E-state index is 0.0893. The fourth-order valence-electron chi connectivity index (χ4n) is 3.16. The highest BCUT2D eigenvalue weighted by Crippen LogP contribution is 2.25. The van der Waals surface area contributed by atoms with Crippen LogP contribution >= 0.6 is 11.3 Å². The predicted molar refractivity (Wildman–Crippen MR) is 114 cm³/mol. The van der Waals surface area contributed by atoms with Crippen molar-refractivity contribution in [2.24, 2.45) is 0 Å². The Kier molecular flexibility index (Phi) is 5.26. The Morgan fingerprint density at radius 3 is 2.69 bits per heavy atom. The summed E-state index contributed by atoms with van der Waals surface area (Å²) in [5.74, 6) is -0.141. The Labute approximate surface area is 171 Å². The smallest absolute Gasteiger partial charge is 0.262 e. The van der Waals surface area contributed by atoms with E-state index in [1.165, 1.54) is 22.2 Å². The summed E-state index contributed by atoms with van der Waals surface area (Å²) in [6.45, 7) is 4.94. The van der Waals surface area contributed by atoms with Gasteiger partial charge in [0.1, 0.15) is 4.83 Å². The third kappa shape index (κ3) is 4.12. The summed E-state index contributed by atoms with van der Waals surface area (Å²) in [6, 6.07) is 7.70. The summed E-state index contributed by atoms with van der Waals surface area (Å²) in [5.41, 5.74) is 2.73. The zero-order valence-electron chi connectivity index (χ0n) is 16.3. The average molecular weight is 407 g/mol. The Balaban J connectivity index is 1.38. The molecule has 0 radical (unpaired) electrons. The predicted octanol–water partition coefficient (Wildman–Crippen LogP) is 3.35. The van der Waals surface area contributed by atoms with Gasteiger partial charge < -0.3 is 9.88 Å². The number of aromatic nitrogens is 4. The molecule has 0 bridgehead atoms. The monoisotopic (exact) mass is 407 g/mol. The first-order valence-corrected chi connectivity index (χ1v) is 10.1. The summed E-state index contributed by atoms with van der Waals surface area (Å²) in [5, 5.41) is 3.53. The molecule has 8 heteroatoms. The lowest BCUT2D eigenvalue weighted by molar-refractivity contribution is -0.116. The molecule has 0 spiro atoms.